The van der Waals surface area contributed by atoms with Gasteiger partial charge in [-0.1, -0.05) is 49.2 Å². The maximum absolute atomic E-state index is 14.3. The molecule has 0 atom stereocenters. The number of ether oxygens (including phenoxy) is 1. The molecule has 0 heterocycles. The van der Waals surface area contributed by atoms with E-state index in [-0.39, 0.29) is 0 Å². The Morgan fingerprint density at radius 1 is 0.929 bits per heavy atom. The molecule has 2 aromatic rings. The van der Waals surface area contributed by atoms with Gasteiger partial charge in [0.1, 0.15) is 5.82 Å². The normalized spacial score (nSPS) is 14.9. The molecule has 1 saturated carbocycles. The van der Waals surface area contributed by atoms with E-state index >= 15 is 0 Å². The molecule has 1 aliphatic rings. The van der Waals surface area contributed by atoms with Gasteiger partial charge in [0.15, 0.2) is 6.61 Å². The van der Waals surface area contributed by atoms with Crippen molar-refractivity contribution in [2.75, 3.05) is 6.61 Å². The summed E-state index contributed by atoms with van der Waals surface area (Å²) < 4.78 is 19.5. The Balaban J connectivity index is 1.57. The first-order valence-electron chi connectivity index (χ1n) is 9.09. The van der Waals surface area contributed by atoms with Gasteiger partial charge in [-0.2, -0.15) is 0 Å². The standard InChI is InChI=1S/C21H21FN2O4/c22-17-11-5-4-10-16(17)21(12-6-7-13-21)20(27)28-14-18(25)23-24-19(26)15-8-2-1-3-9-15/h1-5,8-11H,6-7,12-14H2,(H,23,25)(H,24,26). The van der Waals surface area contributed by atoms with Crippen LogP contribution in [0.3, 0.4) is 0 Å². The van der Waals surface area contributed by atoms with Gasteiger partial charge in [-0.3, -0.25) is 25.2 Å². The van der Waals surface area contributed by atoms with Crippen molar-refractivity contribution in [2.45, 2.75) is 31.1 Å². The predicted molar refractivity (Wildman–Crippen MR) is 99.6 cm³/mol. The third-order valence-corrected chi connectivity index (χ3v) is 4.92. The Morgan fingerprint density at radius 3 is 2.25 bits per heavy atom. The SMILES string of the molecule is O=C(COC(=O)C1(c2ccccc2F)CCCC1)NNC(=O)c1ccccc1. The maximum Gasteiger partial charge on any atom is 0.317 e. The fraction of sp³-hybridized carbons (Fsp3) is 0.286. The molecule has 2 amide bonds. The Kier molecular flexibility index (Phi) is 6.03. The largest absolute Gasteiger partial charge is 0.455 e. The monoisotopic (exact) mass is 384 g/mol. The zero-order valence-electron chi connectivity index (χ0n) is 15.2. The van der Waals surface area contributed by atoms with E-state index in [9.17, 15) is 18.8 Å². The second-order valence-electron chi connectivity index (χ2n) is 6.71. The fourth-order valence-corrected chi connectivity index (χ4v) is 3.50. The third kappa shape index (κ3) is 4.19. The van der Waals surface area contributed by atoms with Gasteiger partial charge in [-0.05, 0) is 31.0 Å². The summed E-state index contributed by atoms with van der Waals surface area (Å²) in [6.45, 7) is -0.565. The zero-order chi connectivity index (χ0) is 20.0. The number of hydrogen-bond acceptors (Lipinski definition) is 4. The van der Waals surface area contributed by atoms with Gasteiger partial charge in [-0.25, -0.2) is 4.39 Å². The Labute approximate surface area is 162 Å². The summed E-state index contributed by atoms with van der Waals surface area (Å²) in [5.74, 6) is -2.25. The summed E-state index contributed by atoms with van der Waals surface area (Å²) in [4.78, 5) is 36.6. The van der Waals surface area contributed by atoms with Crippen molar-refractivity contribution < 1.29 is 23.5 Å². The van der Waals surface area contributed by atoms with E-state index in [1.54, 1.807) is 48.5 Å². The average molecular weight is 384 g/mol. The minimum Gasteiger partial charge on any atom is -0.455 e. The number of esters is 1. The lowest BCUT2D eigenvalue weighted by atomic mass is 9.78. The molecule has 0 radical (unpaired) electrons. The van der Waals surface area contributed by atoms with E-state index in [4.69, 9.17) is 4.74 Å². The molecule has 7 heteroatoms. The second kappa shape index (κ2) is 8.65. The van der Waals surface area contributed by atoms with Crippen LogP contribution >= 0.6 is 0 Å². The summed E-state index contributed by atoms with van der Waals surface area (Å²) in [6, 6.07) is 14.5. The van der Waals surface area contributed by atoms with E-state index in [0.717, 1.165) is 12.8 Å². The van der Waals surface area contributed by atoms with Crippen molar-refractivity contribution in [1.82, 2.24) is 10.9 Å². The van der Waals surface area contributed by atoms with Crippen molar-refractivity contribution in [3.05, 3.63) is 71.5 Å². The lowest BCUT2D eigenvalue weighted by molar-refractivity contribution is -0.154. The highest BCUT2D eigenvalue weighted by Crippen LogP contribution is 2.43. The molecule has 0 spiro atoms. The van der Waals surface area contributed by atoms with Crippen LogP contribution in [-0.2, 0) is 19.7 Å². The van der Waals surface area contributed by atoms with Crippen LogP contribution in [0.4, 0.5) is 4.39 Å². The summed E-state index contributed by atoms with van der Waals surface area (Å²) in [7, 11) is 0. The van der Waals surface area contributed by atoms with Crippen LogP contribution in [0.2, 0.25) is 0 Å². The highest BCUT2D eigenvalue weighted by molar-refractivity contribution is 5.95. The molecule has 0 aliphatic heterocycles. The smallest absolute Gasteiger partial charge is 0.317 e. The van der Waals surface area contributed by atoms with Crippen molar-refractivity contribution in [3.8, 4) is 0 Å². The molecule has 1 aliphatic carbocycles. The number of nitrogens with one attached hydrogen (secondary N) is 2. The number of rotatable bonds is 5. The van der Waals surface area contributed by atoms with Crippen LogP contribution in [0.25, 0.3) is 0 Å². The van der Waals surface area contributed by atoms with Gasteiger partial charge >= 0.3 is 5.97 Å². The number of carbonyl (C=O) groups excluding carboxylic acids is 3. The molecule has 3 rings (SSSR count). The average Bonchev–Trinajstić information content (AvgIpc) is 3.22. The number of hydrazine groups is 1. The maximum atomic E-state index is 14.3. The molecule has 2 aromatic carbocycles. The molecule has 2 N–H and O–H groups in total. The van der Waals surface area contributed by atoms with E-state index in [2.05, 4.69) is 10.9 Å². The van der Waals surface area contributed by atoms with Crippen LogP contribution in [0.5, 0.6) is 0 Å². The number of hydrogen-bond donors (Lipinski definition) is 2. The summed E-state index contributed by atoms with van der Waals surface area (Å²) >= 11 is 0. The van der Waals surface area contributed by atoms with Gasteiger partial charge < -0.3 is 4.74 Å². The molecule has 1 fully saturated rings. The Bertz CT molecular complexity index is 864. The number of carbonyl (C=O) groups is 3. The van der Waals surface area contributed by atoms with E-state index in [0.29, 0.717) is 24.0 Å². The lowest BCUT2D eigenvalue weighted by Crippen LogP contribution is -2.44. The Morgan fingerprint density at radius 2 is 1.57 bits per heavy atom. The van der Waals surface area contributed by atoms with Crippen LogP contribution in [0, 0.1) is 5.82 Å². The third-order valence-electron chi connectivity index (χ3n) is 4.92. The van der Waals surface area contributed by atoms with Crippen LogP contribution < -0.4 is 10.9 Å². The predicted octanol–water partition coefficient (Wildman–Crippen LogP) is 2.64. The number of amides is 2. The van der Waals surface area contributed by atoms with E-state index in [1.807, 2.05) is 0 Å². The first-order chi connectivity index (χ1) is 13.5. The lowest BCUT2D eigenvalue weighted by Gasteiger charge is -2.27. The van der Waals surface area contributed by atoms with Gasteiger partial charge in [0.25, 0.3) is 11.8 Å². The van der Waals surface area contributed by atoms with E-state index < -0.39 is 35.6 Å². The van der Waals surface area contributed by atoms with Crippen molar-refractivity contribution in [2.24, 2.45) is 0 Å². The topological polar surface area (TPSA) is 84.5 Å². The van der Waals surface area contributed by atoms with Crippen LogP contribution in [0.1, 0.15) is 41.6 Å². The summed E-state index contributed by atoms with van der Waals surface area (Å²) in [5, 5.41) is 0. The molecule has 6 nitrogen and oxygen atoms in total. The fourth-order valence-electron chi connectivity index (χ4n) is 3.50. The minimum absolute atomic E-state index is 0.301. The molecular formula is C21H21FN2O4. The molecule has 0 bridgehead atoms. The highest BCUT2D eigenvalue weighted by Gasteiger charge is 2.45. The van der Waals surface area contributed by atoms with Crippen molar-refractivity contribution in [3.63, 3.8) is 0 Å². The van der Waals surface area contributed by atoms with Gasteiger partial charge in [-0.15, -0.1) is 0 Å². The minimum atomic E-state index is -1.07. The summed E-state index contributed by atoms with van der Waals surface area (Å²) in [5.41, 5.74) is 4.06. The first-order valence-corrected chi connectivity index (χ1v) is 9.09. The van der Waals surface area contributed by atoms with E-state index in [1.165, 1.54) is 6.07 Å². The molecule has 0 unspecified atom stereocenters. The second-order valence-corrected chi connectivity index (χ2v) is 6.71. The molecule has 28 heavy (non-hydrogen) atoms. The van der Waals surface area contributed by atoms with Crippen LogP contribution in [0.15, 0.2) is 54.6 Å². The highest BCUT2D eigenvalue weighted by atomic mass is 19.1. The quantitative estimate of drug-likeness (QED) is 0.613. The molecule has 0 aromatic heterocycles. The van der Waals surface area contributed by atoms with Gasteiger partial charge in [0.05, 0.1) is 5.41 Å². The first kappa shape index (κ1) is 19.5. The molecule has 146 valence electrons. The van der Waals surface area contributed by atoms with Gasteiger partial charge in [0, 0.05) is 11.1 Å². The van der Waals surface area contributed by atoms with Crippen molar-refractivity contribution >= 4 is 17.8 Å². The molecular weight excluding hydrogens is 363 g/mol. The number of benzene rings is 2. The molecule has 0 saturated heterocycles. The number of halogens is 1. The Hall–Kier alpha value is -3.22. The van der Waals surface area contributed by atoms with Crippen LogP contribution in [-0.4, -0.2) is 24.4 Å². The van der Waals surface area contributed by atoms with Crippen molar-refractivity contribution in [1.29, 1.82) is 0 Å². The summed E-state index contributed by atoms with van der Waals surface area (Å²) in [6.07, 6.45) is 2.50. The van der Waals surface area contributed by atoms with Gasteiger partial charge in [0.2, 0.25) is 0 Å². The zero-order valence-corrected chi connectivity index (χ0v) is 15.2.